The van der Waals surface area contributed by atoms with Gasteiger partial charge in [-0.15, -0.1) is 0 Å². The SMILES string of the molecule is O=C(O)[C@H]1CCN(C(=O)COc2ccsn2)C1. The third kappa shape index (κ3) is 2.94. The molecule has 1 atom stereocenters. The van der Waals surface area contributed by atoms with Crippen LogP contribution in [0, 0.1) is 5.92 Å². The van der Waals surface area contributed by atoms with Gasteiger partial charge in [0, 0.05) is 24.5 Å². The summed E-state index contributed by atoms with van der Waals surface area (Å²) in [6.07, 6.45) is 0.512. The van der Waals surface area contributed by atoms with Crippen LogP contribution in [0.15, 0.2) is 11.4 Å². The molecule has 0 saturated carbocycles. The Morgan fingerprint density at radius 3 is 3.06 bits per heavy atom. The Morgan fingerprint density at radius 1 is 1.65 bits per heavy atom. The second kappa shape index (κ2) is 5.13. The number of rotatable bonds is 4. The van der Waals surface area contributed by atoms with Gasteiger partial charge in [0.05, 0.1) is 5.92 Å². The number of carboxylic acids is 1. The third-order valence-electron chi connectivity index (χ3n) is 2.65. The molecule has 2 heterocycles. The highest BCUT2D eigenvalue weighted by Crippen LogP contribution is 2.16. The molecule has 0 unspecified atom stereocenters. The maximum atomic E-state index is 11.7. The van der Waals surface area contributed by atoms with E-state index in [0.717, 1.165) is 0 Å². The van der Waals surface area contributed by atoms with Crippen LogP contribution in [0.25, 0.3) is 0 Å². The van der Waals surface area contributed by atoms with Crippen molar-refractivity contribution < 1.29 is 19.4 Å². The molecule has 0 aliphatic carbocycles. The highest BCUT2D eigenvalue weighted by Gasteiger charge is 2.30. The molecule has 0 bridgehead atoms. The van der Waals surface area contributed by atoms with E-state index in [-0.39, 0.29) is 19.1 Å². The average Bonchev–Trinajstić information content (AvgIpc) is 2.96. The van der Waals surface area contributed by atoms with E-state index in [1.807, 2.05) is 0 Å². The number of carbonyl (C=O) groups is 2. The molecule has 0 aromatic carbocycles. The first-order chi connectivity index (χ1) is 8.16. The fourth-order valence-corrected chi connectivity index (χ4v) is 2.15. The minimum atomic E-state index is -0.847. The van der Waals surface area contributed by atoms with E-state index in [9.17, 15) is 9.59 Å². The largest absolute Gasteiger partial charge is 0.481 e. The molecule has 1 N–H and O–H groups in total. The summed E-state index contributed by atoms with van der Waals surface area (Å²) in [5.74, 6) is -1.06. The number of likely N-dealkylation sites (tertiary alicyclic amines) is 1. The summed E-state index contributed by atoms with van der Waals surface area (Å²) in [6, 6.07) is 1.68. The number of amides is 1. The minimum absolute atomic E-state index is 0.0872. The minimum Gasteiger partial charge on any atom is -0.481 e. The van der Waals surface area contributed by atoms with Crippen LogP contribution in [0.4, 0.5) is 0 Å². The fraction of sp³-hybridized carbons (Fsp3) is 0.500. The number of aromatic nitrogens is 1. The number of carbonyl (C=O) groups excluding carboxylic acids is 1. The van der Waals surface area contributed by atoms with Crippen molar-refractivity contribution in [3.05, 3.63) is 11.4 Å². The summed E-state index contributed by atoms with van der Waals surface area (Å²) in [5, 5.41) is 10.6. The Bertz CT molecular complexity index is 406. The lowest BCUT2D eigenvalue weighted by Crippen LogP contribution is -2.33. The predicted molar refractivity (Wildman–Crippen MR) is 59.9 cm³/mol. The van der Waals surface area contributed by atoms with Gasteiger partial charge in [0.2, 0.25) is 5.88 Å². The Balaban J connectivity index is 1.79. The van der Waals surface area contributed by atoms with Gasteiger partial charge in [-0.1, -0.05) is 0 Å². The Kier molecular flexibility index (Phi) is 3.58. The first kappa shape index (κ1) is 11.8. The number of carboxylic acid groups (broad SMARTS) is 1. The molecule has 2 rings (SSSR count). The number of ether oxygens (including phenoxy) is 1. The second-order valence-corrected chi connectivity index (χ2v) is 4.46. The molecule has 1 aromatic rings. The molecule has 1 aromatic heterocycles. The zero-order valence-corrected chi connectivity index (χ0v) is 9.85. The van der Waals surface area contributed by atoms with Crippen molar-refractivity contribution >= 4 is 23.4 Å². The average molecular weight is 256 g/mol. The smallest absolute Gasteiger partial charge is 0.308 e. The maximum Gasteiger partial charge on any atom is 0.308 e. The highest BCUT2D eigenvalue weighted by atomic mass is 32.1. The molecule has 17 heavy (non-hydrogen) atoms. The molecule has 6 nitrogen and oxygen atoms in total. The number of aliphatic carboxylic acids is 1. The summed E-state index contributed by atoms with van der Waals surface area (Å²) >= 11 is 1.25. The number of hydrogen-bond acceptors (Lipinski definition) is 5. The molecule has 1 amide bonds. The van der Waals surface area contributed by atoms with E-state index in [2.05, 4.69) is 4.37 Å². The first-order valence-corrected chi connectivity index (χ1v) is 6.04. The zero-order valence-electron chi connectivity index (χ0n) is 9.04. The topological polar surface area (TPSA) is 79.7 Å². The van der Waals surface area contributed by atoms with Crippen molar-refractivity contribution in [1.82, 2.24) is 9.27 Å². The van der Waals surface area contributed by atoms with Gasteiger partial charge in [-0.2, -0.15) is 4.37 Å². The van der Waals surface area contributed by atoms with Gasteiger partial charge in [-0.3, -0.25) is 9.59 Å². The lowest BCUT2D eigenvalue weighted by Gasteiger charge is -2.15. The van der Waals surface area contributed by atoms with Crippen molar-refractivity contribution in [1.29, 1.82) is 0 Å². The number of hydrogen-bond donors (Lipinski definition) is 1. The van der Waals surface area contributed by atoms with Gasteiger partial charge in [-0.05, 0) is 18.0 Å². The summed E-state index contributed by atoms with van der Waals surface area (Å²) in [6.45, 7) is 0.668. The Morgan fingerprint density at radius 2 is 2.47 bits per heavy atom. The van der Waals surface area contributed by atoms with Gasteiger partial charge < -0.3 is 14.7 Å². The highest BCUT2D eigenvalue weighted by molar-refractivity contribution is 7.03. The van der Waals surface area contributed by atoms with Crippen LogP contribution < -0.4 is 4.74 Å². The van der Waals surface area contributed by atoms with Crippen molar-refractivity contribution in [3.8, 4) is 5.88 Å². The molecule has 0 spiro atoms. The van der Waals surface area contributed by atoms with E-state index in [4.69, 9.17) is 9.84 Å². The first-order valence-electron chi connectivity index (χ1n) is 5.20. The fourth-order valence-electron chi connectivity index (χ4n) is 1.69. The van der Waals surface area contributed by atoms with Gasteiger partial charge in [0.15, 0.2) is 6.61 Å². The van der Waals surface area contributed by atoms with Crippen LogP contribution in [-0.4, -0.2) is 46.0 Å². The summed E-state index contributed by atoms with van der Waals surface area (Å²) in [4.78, 5) is 23.9. The second-order valence-electron chi connectivity index (χ2n) is 3.79. The lowest BCUT2D eigenvalue weighted by atomic mass is 10.1. The van der Waals surface area contributed by atoms with Crippen LogP contribution >= 0.6 is 11.5 Å². The van der Waals surface area contributed by atoms with Crippen LogP contribution in [0.3, 0.4) is 0 Å². The molecule has 1 fully saturated rings. The van der Waals surface area contributed by atoms with Gasteiger partial charge in [0.1, 0.15) is 0 Å². The molecule has 92 valence electrons. The van der Waals surface area contributed by atoms with Gasteiger partial charge in [0.25, 0.3) is 5.91 Å². The predicted octanol–water partition coefficient (Wildman–Crippen LogP) is 0.455. The quantitative estimate of drug-likeness (QED) is 0.846. The Labute approximate surface area is 102 Å². The van der Waals surface area contributed by atoms with Crippen LogP contribution in [-0.2, 0) is 9.59 Å². The normalized spacial score (nSPS) is 19.3. The van der Waals surface area contributed by atoms with Crippen LogP contribution in [0.1, 0.15) is 6.42 Å². The van der Waals surface area contributed by atoms with Crippen molar-refractivity contribution in [2.24, 2.45) is 5.92 Å². The van der Waals surface area contributed by atoms with Crippen molar-refractivity contribution in [2.45, 2.75) is 6.42 Å². The van der Waals surface area contributed by atoms with Gasteiger partial charge >= 0.3 is 5.97 Å². The van der Waals surface area contributed by atoms with E-state index in [1.54, 1.807) is 11.4 Å². The van der Waals surface area contributed by atoms with Crippen LogP contribution in [0.5, 0.6) is 5.88 Å². The standard InChI is InChI=1S/C10H12N2O4S/c13-9(6-16-8-2-4-17-11-8)12-3-1-7(5-12)10(14)15/h2,4,7H,1,3,5-6H2,(H,14,15)/t7-/m0/s1. The summed E-state index contributed by atoms with van der Waals surface area (Å²) < 4.78 is 9.09. The van der Waals surface area contributed by atoms with Crippen molar-refractivity contribution in [3.63, 3.8) is 0 Å². The van der Waals surface area contributed by atoms with E-state index >= 15 is 0 Å². The monoisotopic (exact) mass is 256 g/mol. The molecular formula is C10H12N2O4S. The molecule has 1 saturated heterocycles. The lowest BCUT2D eigenvalue weighted by molar-refractivity contribution is -0.141. The molecule has 1 aliphatic rings. The third-order valence-corrected chi connectivity index (χ3v) is 3.19. The summed E-state index contributed by atoms with van der Waals surface area (Å²) in [7, 11) is 0. The maximum absolute atomic E-state index is 11.7. The van der Waals surface area contributed by atoms with E-state index in [1.165, 1.54) is 16.4 Å². The Hall–Kier alpha value is -1.63. The van der Waals surface area contributed by atoms with Crippen molar-refractivity contribution in [2.75, 3.05) is 19.7 Å². The van der Waals surface area contributed by atoms with E-state index < -0.39 is 11.9 Å². The van der Waals surface area contributed by atoms with Gasteiger partial charge in [-0.25, -0.2) is 0 Å². The molecular weight excluding hydrogens is 244 g/mol. The molecule has 0 radical (unpaired) electrons. The van der Waals surface area contributed by atoms with Crippen LogP contribution in [0.2, 0.25) is 0 Å². The molecule has 1 aliphatic heterocycles. The van der Waals surface area contributed by atoms with E-state index in [0.29, 0.717) is 18.8 Å². The zero-order chi connectivity index (χ0) is 12.3. The molecule has 7 heteroatoms. The number of nitrogens with zero attached hydrogens (tertiary/aromatic N) is 2. The summed E-state index contributed by atoms with van der Waals surface area (Å²) in [5.41, 5.74) is 0.